The third kappa shape index (κ3) is 5.12. The molecule has 2 heterocycles. The third-order valence-corrected chi connectivity index (χ3v) is 5.05. The molecule has 31 heavy (non-hydrogen) atoms. The molecule has 2 aromatic carbocycles. The van der Waals surface area contributed by atoms with Gasteiger partial charge in [0, 0.05) is 12.6 Å². The van der Waals surface area contributed by atoms with Gasteiger partial charge in [-0.15, -0.1) is 0 Å². The monoisotopic (exact) mass is 413 g/mol. The summed E-state index contributed by atoms with van der Waals surface area (Å²) >= 11 is 0. The first-order chi connectivity index (χ1) is 15.3. The van der Waals surface area contributed by atoms with Crippen LogP contribution < -0.4 is 14.5 Å². The molecule has 158 valence electrons. The summed E-state index contributed by atoms with van der Waals surface area (Å²) in [6.07, 6.45) is 6.78. The molecule has 1 aromatic heterocycles. The molecular formula is C26H27N3O2. The Balaban J connectivity index is 1.56. The smallest absolute Gasteiger partial charge is 0.149 e. The molecule has 4 rings (SSSR count). The van der Waals surface area contributed by atoms with Crippen LogP contribution in [0.3, 0.4) is 0 Å². The summed E-state index contributed by atoms with van der Waals surface area (Å²) in [6, 6.07) is 22.3. The first-order valence-electron chi connectivity index (χ1n) is 10.7. The van der Waals surface area contributed by atoms with Gasteiger partial charge in [-0.3, -0.25) is 0 Å². The summed E-state index contributed by atoms with van der Waals surface area (Å²) < 4.78 is 11.1. The molecule has 0 N–H and O–H groups in total. The van der Waals surface area contributed by atoms with E-state index < -0.39 is 0 Å². The number of hydrazone groups is 1. The Hall–Kier alpha value is -3.60. The first-order valence-corrected chi connectivity index (χ1v) is 10.7. The van der Waals surface area contributed by atoms with Crippen molar-refractivity contribution in [2.45, 2.75) is 26.3 Å². The van der Waals surface area contributed by atoms with Crippen LogP contribution in [-0.2, 0) is 0 Å². The Kier molecular flexibility index (Phi) is 6.62. The average Bonchev–Trinajstić information content (AvgIpc) is 3.24. The summed E-state index contributed by atoms with van der Waals surface area (Å²) in [5, 5.41) is 6.89. The molecule has 5 heteroatoms. The maximum atomic E-state index is 5.59. The Morgan fingerprint density at radius 2 is 1.55 bits per heavy atom. The fourth-order valence-electron chi connectivity index (χ4n) is 3.58. The van der Waals surface area contributed by atoms with E-state index in [2.05, 4.69) is 41.4 Å². The summed E-state index contributed by atoms with van der Waals surface area (Å²) in [5.74, 6) is 2.60. The Labute approximate surface area is 183 Å². The fraction of sp³-hybridized carbons (Fsp3) is 0.231. The van der Waals surface area contributed by atoms with Crippen LogP contribution in [0.15, 0.2) is 84.1 Å². The number of hydrogen-bond acceptors (Lipinski definition) is 5. The maximum absolute atomic E-state index is 5.59. The van der Waals surface area contributed by atoms with Crippen molar-refractivity contribution in [2.24, 2.45) is 5.10 Å². The molecule has 0 bridgehead atoms. The van der Waals surface area contributed by atoms with Crippen LogP contribution in [0.25, 0.3) is 6.08 Å². The van der Waals surface area contributed by atoms with Gasteiger partial charge < -0.3 is 9.47 Å². The van der Waals surface area contributed by atoms with Gasteiger partial charge in [0.1, 0.15) is 17.3 Å². The van der Waals surface area contributed by atoms with Gasteiger partial charge in [0.25, 0.3) is 0 Å². The maximum Gasteiger partial charge on any atom is 0.149 e. The van der Waals surface area contributed by atoms with E-state index in [0.29, 0.717) is 13.2 Å². The van der Waals surface area contributed by atoms with E-state index in [1.165, 1.54) is 5.56 Å². The Bertz CT molecular complexity index is 1030. The van der Waals surface area contributed by atoms with E-state index in [0.717, 1.165) is 35.0 Å². The van der Waals surface area contributed by atoms with Crippen LogP contribution in [0.2, 0.25) is 0 Å². The third-order valence-electron chi connectivity index (χ3n) is 5.05. The highest BCUT2D eigenvalue weighted by atomic mass is 16.5. The molecule has 1 atom stereocenters. The van der Waals surface area contributed by atoms with Gasteiger partial charge in [-0.25, -0.2) is 9.99 Å². The number of pyridine rings is 1. The van der Waals surface area contributed by atoms with Gasteiger partial charge in [-0.05, 0) is 67.4 Å². The SMILES string of the molecule is CCOc1ccc(C=CC2=NN(c3ccccn3)C(c3ccc(OCC)cc3)C2)cc1. The quantitative estimate of drug-likeness (QED) is 0.461. The largest absolute Gasteiger partial charge is 0.494 e. The number of allylic oxidation sites excluding steroid dienone is 1. The highest BCUT2D eigenvalue weighted by Gasteiger charge is 2.28. The summed E-state index contributed by atoms with van der Waals surface area (Å²) in [7, 11) is 0. The molecule has 3 aromatic rings. The van der Waals surface area contributed by atoms with Gasteiger partial charge in [-0.2, -0.15) is 5.10 Å². The van der Waals surface area contributed by atoms with Crippen molar-refractivity contribution in [3.63, 3.8) is 0 Å². The molecule has 0 radical (unpaired) electrons. The van der Waals surface area contributed by atoms with E-state index in [1.54, 1.807) is 6.20 Å². The second kappa shape index (κ2) is 9.94. The van der Waals surface area contributed by atoms with Crippen molar-refractivity contribution >= 4 is 17.6 Å². The van der Waals surface area contributed by atoms with Crippen molar-refractivity contribution in [1.82, 2.24) is 4.98 Å². The average molecular weight is 414 g/mol. The van der Waals surface area contributed by atoms with Gasteiger partial charge in [0.15, 0.2) is 0 Å². The zero-order valence-electron chi connectivity index (χ0n) is 17.9. The highest BCUT2D eigenvalue weighted by molar-refractivity contribution is 6.01. The predicted octanol–water partition coefficient (Wildman–Crippen LogP) is 5.90. The highest BCUT2D eigenvalue weighted by Crippen LogP contribution is 2.35. The molecule has 0 spiro atoms. The van der Waals surface area contributed by atoms with Gasteiger partial charge in [0.2, 0.25) is 0 Å². The number of rotatable bonds is 8. The predicted molar refractivity (Wildman–Crippen MR) is 126 cm³/mol. The van der Waals surface area contributed by atoms with Crippen LogP contribution in [0.5, 0.6) is 11.5 Å². The second-order valence-electron chi connectivity index (χ2n) is 7.18. The molecule has 5 nitrogen and oxygen atoms in total. The molecule has 1 aliphatic heterocycles. The number of hydrogen-bond donors (Lipinski definition) is 0. The van der Waals surface area contributed by atoms with Crippen LogP contribution in [-0.4, -0.2) is 23.9 Å². The lowest BCUT2D eigenvalue weighted by molar-refractivity contribution is 0.340. The van der Waals surface area contributed by atoms with Gasteiger partial charge in [0.05, 0.1) is 25.0 Å². The summed E-state index contributed by atoms with van der Waals surface area (Å²) in [5.41, 5.74) is 3.31. The number of benzene rings is 2. The first kappa shape index (κ1) is 20.7. The van der Waals surface area contributed by atoms with Crippen LogP contribution in [0.1, 0.15) is 37.4 Å². The fourth-order valence-corrected chi connectivity index (χ4v) is 3.58. The lowest BCUT2D eigenvalue weighted by Crippen LogP contribution is -2.19. The van der Waals surface area contributed by atoms with Crippen molar-refractivity contribution in [2.75, 3.05) is 18.2 Å². The normalized spacial score (nSPS) is 15.9. The topological polar surface area (TPSA) is 47.0 Å². The minimum atomic E-state index is 0.0885. The molecular weight excluding hydrogens is 386 g/mol. The van der Waals surface area contributed by atoms with Gasteiger partial charge in [-0.1, -0.05) is 36.4 Å². The molecule has 0 aliphatic carbocycles. The zero-order valence-corrected chi connectivity index (χ0v) is 17.9. The van der Waals surface area contributed by atoms with Crippen LogP contribution >= 0.6 is 0 Å². The standard InChI is InChI=1S/C26H27N3O2/c1-3-30-23-14-9-20(10-15-23)8-13-22-19-25(21-11-16-24(17-12-21)31-4-2)29(28-22)26-7-5-6-18-27-26/h5-18,25H,3-4,19H2,1-2H3. The zero-order chi connectivity index (χ0) is 21.5. The number of anilines is 1. The Morgan fingerprint density at radius 3 is 2.16 bits per heavy atom. The van der Waals surface area contributed by atoms with Crippen molar-refractivity contribution in [3.05, 3.63) is 90.1 Å². The van der Waals surface area contributed by atoms with Gasteiger partial charge >= 0.3 is 0 Å². The number of ether oxygens (including phenoxy) is 2. The van der Waals surface area contributed by atoms with E-state index in [1.807, 2.05) is 61.3 Å². The lowest BCUT2D eigenvalue weighted by atomic mass is 10.0. The molecule has 0 amide bonds. The van der Waals surface area contributed by atoms with E-state index in [9.17, 15) is 0 Å². The molecule has 0 saturated carbocycles. The summed E-state index contributed by atoms with van der Waals surface area (Å²) in [4.78, 5) is 4.52. The van der Waals surface area contributed by atoms with Crippen LogP contribution in [0.4, 0.5) is 5.82 Å². The van der Waals surface area contributed by atoms with E-state index >= 15 is 0 Å². The number of aromatic nitrogens is 1. The van der Waals surface area contributed by atoms with Crippen molar-refractivity contribution < 1.29 is 9.47 Å². The van der Waals surface area contributed by atoms with Crippen molar-refractivity contribution in [1.29, 1.82) is 0 Å². The van der Waals surface area contributed by atoms with Crippen LogP contribution in [0, 0.1) is 0 Å². The minimum absolute atomic E-state index is 0.0885. The van der Waals surface area contributed by atoms with Crippen molar-refractivity contribution in [3.8, 4) is 11.5 Å². The second-order valence-corrected chi connectivity index (χ2v) is 7.18. The summed E-state index contributed by atoms with van der Waals surface area (Å²) in [6.45, 7) is 5.30. The Morgan fingerprint density at radius 1 is 0.871 bits per heavy atom. The molecule has 0 saturated heterocycles. The molecule has 1 unspecified atom stereocenters. The minimum Gasteiger partial charge on any atom is -0.494 e. The molecule has 1 aliphatic rings. The lowest BCUT2D eigenvalue weighted by Gasteiger charge is -2.23. The molecule has 0 fully saturated rings. The van der Waals surface area contributed by atoms with E-state index in [-0.39, 0.29) is 6.04 Å². The van der Waals surface area contributed by atoms with E-state index in [4.69, 9.17) is 14.6 Å². The number of nitrogens with zero attached hydrogens (tertiary/aromatic N) is 3.